The van der Waals surface area contributed by atoms with Crippen LogP contribution in [-0.2, 0) is 0 Å². The van der Waals surface area contributed by atoms with Crippen LogP contribution >= 0.6 is 0 Å². The number of hydrogen-bond donors (Lipinski definition) is 3. The number of carboxylic acid groups (broad SMARTS) is 1. The number of carbonyl (C=O) groups excluding carboxylic acids is 1. The number of β-amino-alcohol motifs (C(OH)–C–C–N with tert-alkyl or cyclic N) is 1. The van der Waals surface area contributed by atoms with Crippen LogP contribution < -0.4 is 5.32 Å². The van der Waals surface area contributed by atoms with Gasteiger partial charge in [0.25, 0.3) is 0 Å². The van der Waals surface area contributed by atoms with Gasteiger partial charge in [0, 0.05) is 18.8 Å². The molecule has 1 aromatic rings. The van der Waals surface area contributed by atoms with E-state index < -0.39 is 12.1 Å². The maximum absolute atomic E-state index is 12.0. The number of nitrogens with one attached hydrogen (secondary N) is 1. The molecule has 2 rings (SSSR count). The van der Waals surface area contributed by atoms with Gasteiger partial charge in [0.2, 0.25) is 0 Å². The Balaban J connectivity index is 1.96. The summed E-state index contributed by atoms with van der Waals surface area (Å²) in [7, 11) is 0. The highest BCUT2D eigenvalue weighted by molar-refractivity contribution is 5.91. The van der Waals surface area contributed by atoms with Crippen LogP contribution in [0.3, 0.4) is 0 Å². The van der Waals surface area contributed by atoms with Gasteiger partial charge in [-0.05, 0) is 36.6 Å². The minimum Gasteiger partial charge on any atom is -0.478 e. The van der Waals surface area contributed by atoms with E-state index >= 15 is 0 Å². The quantitative estimate of drug-likeness (QED) is 0.766. The Morgan fingerprint density at radius 1 is 1.30 bits per heavy atom. The SMILES string of the molecule is CC1CCN(C(=O)Nc2ccc(C(=O)O)cc2)CC1O. The van der Waals surface area contributed by atoms with Crippen molar-refractivity contribution in [2.45, 2.75) is 19.4 Å². The van der Waals surface area contributed by atoms with E-state index in [4.69, 9.17) is 5.11 Å². The Hall–Kier alpha value is -2.08. The lowest BCUT2D eigenvalue weighted by molar-refractivity contribution is 0.0464. The molecule has 2 unspecified atom stereocenters. The van der Waals surface area contributed by atoms with E-state index in [1.165, 1.54) is 12.1 Å². The Bertz CT molecular complexity index is 500. The standard InChI is InChI=1S/C14H18N2O4/c1-9-6-7-16(8-12(9)17)14(20)15-11-4-2-10(3-5-11)13(18)19/h2-5,9,12,17H,6-8H2,1H3,(H,15,20)(H,18,19). The van der Waals surface area contributed by atoms with Gasteiger partial charge in [0.05, 0.1) is 11.7 Å². The third-order valence-corrected chi connectivity index (χ3v) is 3.59. The van der Waals surface area contributed by atoms with Gasteiger partial charge in [-0.15, -0.1) is 0 Å². The summed E-state index contributed by atoms with van der Waals surface area (Å²) >= 11 is 0. The van der Waals surface area contributed by atoms with Crippen LogP contribution in [0.1, 0.15) is 23.7 Å². The van der Waals surface area contributed by atoms with Gasteiger partial charge in [-0.25, -0.2) is 9.59 Å². The number of aliphatic hydroxyl groups is 1. The predicted octanol–water partition coefficient (Wildman–Crippen LogP) is 1.62. The Morgan fingerprint density at radius 3 is 2.50 bits per heavy atom. The number of benzene rings is 1. The third-order valence-electron chi connectivity index (χ3n) is 3.59. The van der Waals surface area contributed by atoms with Gasteiger partial charge < -0.3 is 20.4 Å². The molecule has 1 aliphatic heterocycles. The first-order valence-electron chi connectivity index (χ1n) is 6.54. The minimum absolute atomic E-state index is 0.171. The molecule has 0 bridgehead atoms. The molecule has 3 N–H and O–H groups in total. The Labute approximate surface area is 117 Å². The summed E-state index contributed by atoms with van der Waals surface area (Å²) in [6, 6.07) is 5.68. The summed E-state index contributed by atoms with van der Waals surface area (Å²) < 4.78 is 0. The van der Waals surface area contributed by atoms with Crippen molar-refractivity contribution in [2.24, 2.45) is 5.92 Å². The van der Waals surface area contributed by atoms with Crippen molar-refractivity contribution in [3.05, 3.63) is 29.8 Å². The first kappa shape index (κ1) is 14.3. The van der Waals surface area contributed by atoms with Crippen LogP contribution in [-0.4, -0.2) is 46.3 Å². The number of nitrogens with zero attached hydrogens (tertiary/aromatic N) is 1. The molecule has 6 heteroatoms. The topological polar surface area (TPSA) is 89.9 Å². The fourth-order valence-corrected chi connectivity index (χ4v) is 2.13. The van der Waals surface area contributed by atoms with Crippen molar-refractivity contribution in [3.63, 3.8) is 0 Å². The molecule has 1 aliphatic rings. The maximum Gasteiger partial charge on any atom is 0.335 e. The molecule has 1 fully saturated rings. The molecule has 1 aromatic carbocycles. The average molecular weight is 278 g/mol. The molecular weight excluding hydrogens is 260 g/mol. The minimum atomic E-state index is -1.00. The van der Waals surface area contributed by atoms with Crippen LogP contribution in [0.25, 0.3) is 0 Å². The zero-order valence-electron chi connectivity index (χ0n) is 11.2. The zero-order chi connectivity index (χ0) is 14.7. The summed E-state index contributed by atoms with van der Waals surface area (Å²) in [5.41, 5.74) is 0.707. The van der Waals surface area contributed by atoms with Gasteiger partial charge in [-0.2, -0.15) is 0 Å². The van der Waals surface area contributed by atoms with E-state index in [9.17, 15) is 14.7 Å². The molecule has 0 aromatic heterocycles. The summed E-state index contributed by atoms with van der Waals surface area (Å²) in [6.45, 7) is 2.89. The van der Waals surface area contributed by atoms with E-state index in [-0.39, 0.29) is 17.5 Å². The average Bonchev–Trinajstić information content (AvgIpc) is 2.42. The Morgan fingerprint density at radius 2 is 1.95 bits per heavy atom. The monoisotopic (exact) mass is 278 g/mol. The largest absolute Gasteiger partial charge is 0.478 e. The number of aliphatic hydroxyl groups excluding tert-OH is 1. The number of rotatable bonds is 2. The van der Waals surface area contributed by atoms with Crippen molar-refractivity contribution in [1.29, 1.82) is 0 Å². The van der Waals surface area contributed by atoms with Gasteiger partial charge >= 0.3 is 12.0 Å². The third kappa shape index (κ3) is 3.27. The number of carboxylic acids is 1. The number of urea groups is 1. The number of aromatic carboxylic acids is 1. The summed E-state index contributed by atoms with van der Waals surface area (Å²) in [5.74, 6) is -0.801. The fraction of sp³-hybridized carbons (Fsp3) is 0.429. The van der Waals surface area contributed by atoms with Gasteiger partial charge in [0.15, 0.2) is 0 Å². The molecule has 6 nitrogen and oxygen atoms in total. The molecule has 1 saturated heterocycles. The Kier molecular flexibility index (Phi) is 4.24. The molecule has 2 atom stereocenters. The first-order chi connectivity index (χ1) is 9.47. The molecule has 0 radical (unpaired) electrons. The molecule has 20 heavy (non-hydrogen) atoms. The van der Waals surface area contributed by atoms with Crippen LogP contribution in [0.2, 0.25) is 0 Å². The number of piperidine rings is 1. The first-order valence-corrected chi connectivity index (χ1v) is 6.54. The van der Waals surface area contributed by atoms with E-state index in [0.717, 1.165) is 6.42 Å². The molecule has 0 aliphatic carbocycles. The highest BCUT2D eigenvalue weighted by atomic mass is 16.4. The fourth-order valence-electron chi connectivity index (χ4n) is 2.13. The highest BCUT2D eigenvalue weighted by Crippen LogP contribution is 2.18. The number of likely N-dealkylation sites (tertiary alicyclic amines) is 1. The van der Waals surface area contributed by atoms with E-state index in [0.29, 0.717) is 18.8 Å². The summed E-state index contributed by atoms with van der Waals surface area (Å²) in [6.07, 6.45) is 0.274. The predicted molar refractivity (Wildman–Crippen MR) is 73.8 cm³/mol. The van der Waals surface area contributed by atoms with Crippen LogP contribution in [0.5, 0.6) is 0 Å². The molecular formula is C14H18N2O4. The molecule has 108 valence electrons. The van der Waals surface area contributed by atoms with Gasteiger partial charge in [-0.1, -0.05) is 6.92 Å². The van der Waals surface area contributed by atoms with Gasteiger partial charge in [0.1, 0.15) is 0 Å². The van der Waals surface area contributed by atoms with Crippen LogP contribution in [0.15, 0.2) is 24.3 Å². The van der Waals surface area contributed by atoms with E-state index in [1.54, 1.807) is 17.0 Å². The summed E-state index contributed by atoms with van der Waals surface area (Å²) in [4.78, 5) is 24.3. The van der Waals surface area contributed by atoms with Crippen molar-refractivity contribution >= 4 is 17.7 Å². The normalized spacial score (nSPS) is 22.4. The van der Waals surface area contributed by atoms with Crippen LogP contribution in [0, 0.1) is 5.92 Å². The smallest absolute Gasteiger partial charge is 0.335 e. The number of amides is 2. The second-order valence-electron chi connectivity index (χ2n) is 5.09. The van der Waals surface area contributed by atoms with E-state index in [1.807, 2.05) is 6.92 Å². The van der Waals surface area contributed by atoms with Crippen molar-refractivity contribution in [1.82, 2.24) is 4.90 Å². The van der Waals surface area contributed by atoms with Crippen molar-refractivity contribution in [2.75, 3.05) is 18.4 Å². The summed E-state index contributed by atoms with van der Waals surface area (Å²) in [5, 5.41) is 21.3. The van der Waals surface area contributed by atoms with Gasteiger partial charge in [-0.3, -0.25) is 0 Å². The molecule has 0 spiro atoms. The molecule has 0 saturated carbocycles. The number of anilines is 1. The van der Waals surface area contributed by atoms with E-state index in [2.05, 4.69) is 5.32 Å². The lowest BCUT2D eigenvalue weighted by Gasteiger charge is -2.34. The molecule has 1 heterocycles. The second-order valence-corrected chi connectivity index (χ2v) is 5.09. The highest BCUT2D eigenvalue weighted by Gasteiger charge is 2.27. The van der Waals surface area contributed by atoms with Crippen molar-refractivity contribution in [3.8, 4) is 0 Å². The number of hydrogen-bond acceptors (Lipinski definition) is 3. The lowest BCUT2D eigenvalue weighted by Crippen LogP contribution is -2.47. The second kappa shape index (κ2) is 5.92. The van der Waals surface area contributed by atoms with Crippen LogP contribution in [0.4, 0.5) is 10.5 Å². The maximum atomic E-state index is 12.0. The number of carbonyl (C=O) groups is 2. The lowest BCUT2D eigenvalue weighted by atomic mass is 9.96. The van der Waals surface area contributed by atoms with Crippen molar-refractivity contribution < 1.29 is 19.8 Å². The molecule has 2 amide bonds. The zero-order valence-corrected chi connectivity index (χ0v) is 11.2.